The quantitative estimate of drug-likeness (QED) is 0.184. The first-order valence-electron chi connectivity index (χ1n) is 17.9. The molecule has 0 saturated carbocycles. The molecule has 10 aromatic rings. The Morgan fingerprint density at radius 3 is 2.04 bits per heavy atom. The van der Waals surface area contributed by atoms with Crippen molar-refractivity contribution in [3.8, 4) is 22.3 Å². The molecule has 246 valence electrons. The van der Waals surface area contributed by atoms with E-state index in [1.807, 2.05) is 23.5 Å². The lowest BCUT2D eigenvalue weighted by atomic mass is 9.82. The van der Waals surface area contributed by atoms with Gasteiger partial charge in [0.05, 0.1) is 0 Å². The van der Waals surface area contributed by atoms with E-state index in [1.54, 1.807) is 0 Å². The van der Waals surface area contributed by atoms with Crippen LogP contribution >= 0.6 is 11.3 Å². The molecule has 0 bridgehead atoms. The van der Waals surface area contributed by atoms with Gasteiger partial charge in [-0.2, -0.15) is 0 Å². The highest BCUT2D eigenvalue weighted by Crippen LogP contribution is 2.51. The van der Waals surface area contributed by atoms with E-state index in [0.717, 1.165) is 39.0 Å². The SMILES string of the molecule is CC1(C)c2ccccc2-c2ccc(N(c3ccc(-c4ccc5cc6sc7ccccc7c6cc5c4)cc3)c3ccc4c(c3)oc3ccccc34)cc21. The Kier molecular flexibility index (Phi) is 6.21. The maximum atomic E-state index is 6.40. The minimum absolute atomic E-state index is 0.100. The van der Waals surface area contributed by atoms with Gasteiger partial charge >= 0.3 is 0 Å². The molecule has 8 aromatic carbocycles. The van der Waals surface area contributed by atoms with Crippen molar-refractivity contribution in [3.63, 3.8) is 0 Å². The summed E-state index contributed by atoms with van der Waals surface area (Å²) in [4.78, 5) is 2.37. The van der Waals surface area contributed by atoms with Gasteiger partial charge in [-0.1, -0.05) is 105 Å². The summed E-state index contributed by atoms with van der Waals surface area (Å²) < 4.78 is 9.07. The van der Waals surface area contributed by atoms with Gasteiger partial charge in [-0.3, -0.25) is 0 Å². The number of fused-ring (bicyclic) bond motifs is 10. The summed E-state index contributed by atoms with van der Waals surface area (Å²) in [6.07, 6.45) is 0. The van der Waals surface area contributed by atoms with Crippen molar-refractivity contribution in [1.29, 1.82) is 0 Å². The van der Waals surface area contributed by atoms with E-state index in [-0.39, 0.29) is 5.41 Å². The standard InChI is InChI=1S/C49H33NOS/c1-49(2)43-12-6-3-9-37(43)38-23-21-35(28-44(38)49)50(36-22-24-40-39-10-4-7-13-45(39)51-46(40)29-36)34-19-17-30(18-20-34)31-15-16-32-27-48-42(26-33(32)25-31)41-11-5-8-14-47(41)52-48/h3-29H,1-2H3. The Labute approximate surface area is 305 Å². The van der Waals surface area contributed by atoms with Crippen molar-refractivity contribution in [3.05, 3.63) is 175 Å². The molecule has 0 N–H and O–H groups in total. The number of nitrogens with zero attached hydrogens (tertiary/aromatic N) is 1. The van der Waals surface area contributed by atoms with Crippen molar-refractivity contribution in [2.75, 3.05) is 4.90 Å². The fourth-order valence-electron chi connectivity index (χ4n) is 8.58. The molecule has 52 heavy (non-hydrogen) atoms. The van der Waals surface area contributed by atoms with Crippen LogP contribution in [0.1, 0.15) is 25.0 Å². The lowest BCUT2D eigenvalue weighted by Crippen LogP contribution is -2.16. The molecule has 0 spiro atoms. The van der Waals surface area contributed by atoms with Crippen molar-refractivity contribution in [2.45, 2.75) is 19.3 Å². The van der Waals surface area contributed by atoms with E-state index in [0.29, 0.717) is 0 Å². The van der Waals surface area contributed by atoms with Gasteiger partial charge in [0.1, 0.15) is 11.2 Å². The van der Waals surface area contributed by atoms with Crippen molar-refractivity contribution >= 4 is 81.3 Å². The van der Waals surface area contributed by atoms with Gasteiger partial charge in [0.25, 0.3) is 0 Å². The van der Waals surface area contributed by atoms with Crippen LogP contribution in [0.2, 0.25) is 0 Å². The number of rotatable bonds is 4. The third-order valence-corrected chi connectivity index (χ3v) is 12.4. The van der Waals surface area contributed by atoms with Gasteiger partial charge in [0, 0.05) is 59.5 Å². The van der Waals surface area contributed by atoms with E-state index in [9.17, 15) is 0 Å². The third kappa shape index (κ3) is 4.36. The molecule has 0 aliphatic heterocycles. The fraction of sp³-hybridized carbons (Fsp3) is 0.0612. The predicted octanol–water partition coefficient (Wildman–Crippen LogP) is 14.6. The van der Waals surface area contributed by atoms with Crippen molar-refractivity contribution < 1.29 is 4.42 Å². The molecule has 0 amide bonds. The average molecular weight is 684 g/mol. The molecule has 0 fully saturated rings. The molecular formula is C49H33NOS. The summed E-state index contributed by atoms with van der Waals surface area (Å²) in [5.41, 5.74) is 12.8. The first-order valence-corrected chi connectivity index (χ1v) is 18.7. The number of para-hydroxylation sites is 1. The van der Waals surface area contributed by atoms with E-state index in [1.165, 1.54) is 64.3 Å². The molecule has 3 heteroatoms. The van der Waals surface area contributed by atoms with Gasteiger partial charge in [0.15, 0.2) is 0 Å². The number of furan rings is 1. The van der Waals surface area contributed by atoms with E-state index < -0.39 is 0 Å². The summed E-state index contributed by atoms with van der Waals surface area (Å²) >= 11 is 1.87. The second kappa shape index (κ2) is 10.9. The van der Waals surface area contributed by atoms with Crippen LogP contribution in [0.15, 0.2) is 168 Å². The smallest absolute Gasteiger partial charge is 0.137 e. The minimum Gasteiger partial charge on any atom is -0.456 e. The Balaban J connectivity index is 1.03. The summed E-state index contributed by atoms with van der Waals surface area (Å²) in [7, 11) is 0. The number of thiophene rings is 1. The zero-order valence-corrected chi connectivity index (χ0v) is 29.7. The molecule has 0 unspecified atom stereocenters. The van der Waals surface area contributed by atoms with Gasteiger partial charge < -0.3 is 9.32 Å². The molecular weight excluding hydrogens is 651 g/mol. The Hall–Kier alpha value is -6.16. The van der Waals surface area contributed by atoms with Gasteiger partial charge in [-0.25, -0.2) is 0 Å². The highest BCUT2D eigenvalue weighted by atomic mass is 32.1. The normalized spacial score (nSPS) is 13.3. The van der Waals surface area contributed by atoms with E-state index in [4.69, 9.17) is 4.42 Å². The lowest BCUT2D eigenvalue weighted by molar-refractivity contribution is 0.660. The maximum Gasteiger partial charge on any atom is 0.137 e. The van der Waals surface area contributed by atoms with Gasteiger partial charge in [-0.05, 0) is 111 Å². The zero-order valence-electron chi connectivity index (χ0n) is 28.9. The number of benzene rings is 8. The second-order valence-corrected chi connectivity index (χ2v) is 15.7. The zero-order chi connectivity index (χ0) is 34.6. The molecule has 0 atom stereocenters. The Bertz CT molecular complexity index is 3050. The van der Waals surface area contributed by atoms with Gasteiger partial charge in [-0.15, -0.1) is 11.3 Å². The Morgan fingerprint density at radius 1 is 0.442 bits per heavy atom. The molecule has 2 nitrogen and oxygen atoms in total. The van der Waals surface area contributed by atoms with Crippen LogP contribution in [0.5, 0.6) is 0 Å². The van der Waals surface area contributed by atoms with Gasteiger partial charge in [0.2, 0.25) is 0 Å². The van der Waals surface area contributed by atoms with Crippen LogP contribution in [0.4, 0.5) is 17.1 Å². The molecule has 1 aliphatic carbocycles. The minimum atomic E-state index is -0.100. The number of anilines is 3. The highest BCUT2D eigenvalue weighted by molar-refractivity contribution is 7.25. The van der Waals surface area contributed by atoms with Crippen LogP contribution in [0.25, 0.3) is 75.1 Å². The van der Waals surface area contributed by atoms with Crippen LogP contribution in [0.3, 0.4) is 0 Å². The molecule has 0 radical (unpaired) electrons. The van der Waals surface area contributed by atoms with Crippen LogP contribution in [-0.4, -0.2) is 0 Å². The largest absolute Gasteiger partial charge is 0.456 e. The molecule has 2 heterocycles. The predicted molar refractivity (Wildman–Crippen MR) is 222 cm³/mol. The molecule has 0 saturated heterocycles. The summed E-state index contributed by atoms with van der Waals surface area (Å²) in [6.45, 7) is 4.69. The van der Waals surface area contributed by atoms with Crippen LogP contribution in [0, 0.1) is 0 Å². The summed E-state index contributed by atoms with van der Waals surface area (Å²) in [5.74, 6) is 0. The maximum absolute atomic E-state index is 6.40. The Morgan fingerprint density at radius 2 is 1.13 bits per heavy atom. The van der Waals surface area contributed by atoms with Crippen LogP contribution < -0.4 is 4.90 Å². The fourth-order valence-corrected chi connectivity index (χ4v) is 9.72. The first-order chi connectivity index (χ1) is 25.5. The molecule has 2 aromatic heterocycles. The number of hydrogen-bond donors (Lipinski definition) is 0. The monoisotopic (exact) mass is 683 g/mol. The van der Waals surface area contributed by atoms with Crippen molar-refractivity contribution in [1.82, 2.24) is 0 Å². The lowest BCUT2D eigenvalue weighted by Gasteiger charge is -2.28. The average Bonchev–Trinajstić information content (AvgIpc) is 3.81. The summed E-state index contributed by atoms with van der Waals surface area (Å²) in [6, 6.07) is 60.0. The van der Waals surface area contributed by atoms with Crippen LogP contribution in [-0.2, 0) is 5.41 Å². The van der Waals surface area contributed by atoms with Crippen molar-refractivity contribution in [2.24, 2.45) is 0 Å². The molecule has 11 rings (SSSR count). The first kappa shape index (κ1) is 29.6. The second-order valence-electron chi connectivity index (χ2n) is 14.6. The highest BCUT2D eigenvalue weighted by Gasteiger charge is 2.35. The van der Waals surface area contributed by atoms with E-state index in [2.05, 4.69) is 170 Å². The van der Waals surface area contributed by atoms with E-state index >= 15 is 0 Å². The number of hydrogen-bond acceptors (Lipinski definition) is 3. The molecule has 1 aliphatic rings. The summed E-state index contributed by atoms with van der Waals surface area (Å²) in [5, 5.41) is 7.47. The topological polar surface area (TPSA) is 16.4 Å². The third-order valence-electron chi connectivity index (χ3n) is 11.2.